The summed E-state index contributed by atoms with van der Waals surface area (Å²) in [6, 6.07) is 21.9. The highest BCUT2D eigenvalue weighted by Gasteiger charge is 2.33. The molecule has 40 heavy (non-hydrogen) atoms. The van der Waals surface area contributed by atoms with Gasteiger partial charge in [0, 0.05) is 19.5 Å². The second-order valence-corrected chi connectivity index (χ2v) is 12.3. The molecule has 0 radical (unpaired) electrons. The predicted octanol–water partition coefficient (Wildman–Crippen LogP) is 4.93. The molecule has 1 N–H and O–H groups in total. The lowest BCUT2D eigenvalue weighted by molar-refractivity contribution is -0.140. The third-order valence-electron chi connectivity index (χ3n) is 7.06. The Morgan fingerprint density at radius 2 is 1.57 bits per heavy atom. The maximum absolute atomic E-state index is 14.2. The molecule has 3 rings (SSSR count). The molecule has 0 aliphatic heterocycles. The quantitative estimate of drug-likeness (QED) is 0.299. The van der Waals surface area contributed by atoms with Crippen LogP contribution in [0.15, 0.2) is 72.8 Å². The van der Waals surface area contributed by atoms with E-state index in [1.807, 2.05) is 88.4 Å². The molecule has 0 spiro atoms. The summed E-state index contributed by atoms with van der Waals surface area (Å²) in [5.74, 6) is -0.699. The molecule has 7 nitrogen and oxygen atoms in total. The number of aryl methyl sites for hydroxylation is 2. The molecule has 0 bridgehead atoms. The number of unbranched alkanes of at least 4 members (excludes halogenated alkanes) is 1. The number of hydrogen-bond acceptors (Lipinski definition) is 4. The number of nitrogens with zero attached hydrogens (tertiary/aromatic N) is 2. The largest absolute Gasteiger partial charge is 0.354 e. The number of sulfonamides is 1. The van der Waals surface area contributed by atoms with Crippen LogP contribution in [-0.4, -0.2) is 50.5 Å². The molecule has 0 fully saturated rings. The zero-order chi connectivity index (χ0) is 29.3. The molecule has 0 unspecified atom stereocenters. The summed E-state index contributed by atoms with van der Waals surface area (Å²) in [6.07, 6.45) is 3.16. The Hall–Kier alpha value is -3.65. The first kappa shape index (κ1) is 30.9. The van der Waals surface area contributed by atoms with Crippen LogP contribution in [-0.2, 0) is 32.6 Å². The van der Waals surface area contributed by atoms with Gasteiger partial charge in [-0.3, -0.25) is 13.9 Å². The number of hydrogen-bond donors (Lipinski definition) is 1. The number of amides is 2. The normalized spacial score (nSPS) is 12.0. The van der Waals surface area contributed by atoms with E-state index in [0.29, 0.717) is 18.7 Å². The van der Waals surface area contributed by atoms with Gasteiger partial charge in [0.2, 0.25) is 21.8 Å². The maximum Gasteiger partial charge on any atom is 0.244 e. The minimum Gasteiger partial charge on any atom is -0.354 e. The van der Waals surface area contributed by atoms with Gasteiger partial charge in [-0.05, 0) is 55.5 Å². The molecule has 0 saturated heterocycles. The minimum absolute atomic E-state index is 0.170. The second-order valence-electron chi connectivity index (χ2n) is 10.3. The van der Waals surface area contributed by atoms with E-state index in [0.717, 1.165) is 51.2 Å². The highest BCUT2D eigenvalue weighted by Crippen LogP contribution is 2.26. The predicted molar refractivity (Wildman–Crippen MR) is 162 cm³/mol. The molecule has 3 aromatic carbocycles. The number of rotatable bonds is 13. The number of nitrogens with one attached hydrogen (secondary N) is 1. The van der Waals surface area contributed by atoms with Gasteiger partial charge in [0.05, 0.1) is 11.9 Å². The van der Waals surface area contributed by atoms with E-state index in [9.17, 15) is 18.0 Å². The maximum atomic E-state index is 14.2. The van der Waals surface area contributed by atoms with E-state index in [4.69, 9.17) is 0 Å². The van der Waals surface area contributed by atoms with Gasteiger partial charge in [0.1, 0.15) is 12.6 Å². The molecule has 3 aromatic rings. The first-order valence-corrected chi connectivity index (χ1v) is 15.6. The van der Waals surface area contributed by atoms with Crippen molar-refractivity contribution in [1.82, 2.24) is 10.2 Å². The lowest BCUT2D eigenvalue weighted by Crippen LogP contribution is -2.53. The van der Waals surface area contributed by atoms with Gasteiger partial charge in [-0.15, -0.1) is 0 Å². The van der Waals surface area contributed by atoms with Crippen molar-refractivity contribution < 1.29 is 18.0 Å². The number of carbonyl (C=O) groups excluding carboxylic acids is 2. The van der Waals surface area contributed by atoms with Crippen LogP contribution in [0.2, 0.25) is 0 Å². The van der Waals surface area contributed by atoms with Crippen LogP contribution >= 0.6 is 0 Å². The average Bonchev–Trinajstić information content (AvgIpc) is 2.91. The van der Waals surface area contributed by atoms with Gasteiger partial charge in [0.25, 0.3) is 0 Å². The van der Waals surface area contributed by atoms with Crippen molar-refractivity contribution in [3.63, 3.8) is 0 Å². The Balaban J connectivity index is 2.06. The van der Waals surface area contributed by atoms with Crippen LogP contribution in [0.25, 0.3) is 0 Å². The Morgan fingerprint density at radius 1 is 0.900 bits per heavy atom. The lowest BCUT2D eigenvalue weighted by atomic mass is 10.0. The van der Waals surface area contributed by atoms with Gasteiger partial charge in [-0.25, -0.2) is 8.42 Å². The van der Waals surface area contributed by atoms with Crippen molar-refractivity contribution in [2.75, 3.05) is 23.7 Å². The molecule has 0 aliphatic carbocycles. The van der Waals surface area contributed by atoms with E-state index >= 15 is 0 Å². The number of carbonyl (C=O) groups is 2. The zero-order valence-corrected chi connectivity index (χ0v) is 25.0. The van der Waals surface area contributed by atoms with Crippen molar-refractivity contribution in [1.29, 1.82) is 0 Å². The summed E-state index contributed by atoms with van der Waals surface area (Å²) in [5.41, 5.74) is 4.97. The van der Waals surface area contributed by atoms with E-state index in [-0.39, 0.29) is 12.5 Å². The summed E-state index contributed by atoms with van der Waals surface area (Å²) in [5, 5.41) is 3.00. The third-order valence-corrected chi connectivity index (χ3v) is 8.19. The average molecular weight is 564 g/mol. The fourth-order valence-corrected chi connectivity index (χ4v) is 5.57. The first-order chi connectivity index (χ1) is 19.0. The Kier molecular flexibility index (Phi) is 10.9. The van der Waals surface area contributed by atoms with E-state index in [1.165, 1.54) is 4.90 Å². The van der Waals surface area contributed by atoms with Gasteiger partial charge in [-0.2, -0.15) is 0 Å². The Morgan fingerprint density at radius 3 is 2.23 bits per heavy atom. The molecular formula is C32H41N3O4S. The van der Waals surface area contributed by atoms with E-state index in [1.54, 1.807) is 12.1 Å². The summed E-state index contributed by atoms with van der Waals surface area (Å²) in [7, 11) is -3.80. The van der Waals surface area contributed by atoms with Crippen LogP contribution in [0.1, 0.15) is 47.6 Å². The van der Waals surface area contributed by atoms with E-state index in [2.05, 4.69) is 5.32 Å². The van der Waals surface area contributed by atoms with Crippen LogP contribution in [0.5, 0.6) is 0 Å². The van der Waals surface area contributed by atoms with Crippen molar-refractivity contribution in [2.24, 2.45) is 0 Å². The van der Waals surface area contributed by atoms with Crippen molar-refractivity contribution >= 4 is 27.5 Å². The summed E-state index contributed by atoms with van der Waals surface area (Å²) >= 11 is 0. The van der Waals surface area contributed by atoms with Crippen LogP contribution in [0.3, 0.4) is 0 Å². The zero-order valence-electron chi connectivity index (χ0n) is 24.2. The number of benzene rings is 3. The van der Waals surface area contributed by atoms with E-state index < -0.39 is 28.5 Å². The Bertz CT molecular complexity index is 1410. The van der Waals surface area contributed by atoms with Gasteiger partial charge in [0.15, 0.2) is 0 Å². The highest BCUT2D eigenvalue weighted by molar-refractivity contribution is 7.92. The molecule has 0 saturated carbocycles. The molecule has 8 heteroatoms. The van der Waals surface area contributed by atoms with Crippen LogP contribution in [0.4, 0.5) is 5.69 Å². The monoisotopic (exact) mass is 563 g/mol. The smallest absolute Gasteiger partial charge is 0.244 e. The molecule has 0 aliphatic rings. The third kappa shape index (κ3) is 8.42. The van der Waals surface area contributed by atoms with Crippen LogP contribution in [0, 0.1) is 20.8 Å². The number of anilines is 1. The molecule has 1 atom stereocenters. The highest BCUT2D eigenvalue weighted by atomic mass is 32.2. The second kappa shape index (κ2) is 14.1. The molecule has 2 amide bonds. The van der Waals surface area contributed by atoms with Gasteiger partial charge in [-0.1, -0.05) is 85.6 Å². The fraction of sp³-hybridized carbons (Fsp3) is 0.375. The van der Waals surface area contributed by atoms with Crippen LogP contribution < -0.4 is 9.62 Å². The van der Waals surface area contributed by atoms with Gasteiger partial charge >= 0.3 is 0 Å². The molecule has 214 valence electrons. The first-order valence-electron chi connectivity index (χ1n) is 13.7. The summed E-state index contributed by atoms with van der Waals surface area (Å²) < 4.78 is 27.2. The van der Waals surface area contributed by atoms with Crippen molar-refractivity contribution in [3.05, 3.63) is 101 Å². The summed E-state index contributed by atoms with van der Waals surface area (Å²) in [4.78, 5) is 29.3. The topological polar surface area (TPSA) is 86.8 Å². The van der Waals surface area contributed by atoms with Gasteiger partial charge < -0.3 is 10.2 Å². The SMILES string of the molecule is CCCCNC(=O)[C@H](Cc1ccccc1)N(Cc1cccc(C)c1)C(=O)CN(c1cccc(C)c1C)S(C)(=O)=O. The summed E-state index contributed by atoms with van der Waals surface area (Å²) in [6.45, 7) is 8.03. The minimum atomic E-state index is -3.80. The fourth-order valence-electron chi connectivity index (χ4n) is 4.67. The van der Waals surface area contributed by atoms with Crippen molar-refractivity contribution in [3.8, 4) is 0 Å². The Labute approximate surface area is 239 Å². The molecule has 0 aromatic heterocycles. The molecule has 0 heterocycles. The molecular weight excluding hydrogens is 522 g/mol. The standard InChI is InChI=1S/C32H41N3O4S/c1-6-7-19-33-32(37)30(21-27-15-9-8-10-16-27)34(22-28-17-11-13-24(2)20-28)31(36)23-35(40(5,38)39)29-18-12-14-25(3)26(29)4/h8-18,20,30H,6-7,19,21-23H2,1-5H3,(H,33,37)/t30-/m0/s1. The lowest BCUT2D eigenvalue weighted by Gasteiger charge is -2.34. The van der Waals surface area contributed by atoms with Crippen molar-refractivity contribution in [2.45, 2.75) is 59.5 Å².